The molecule has 2 rings (SSSR count). The van der Waals surface area contributed by atoms with Crippen LogP contribution in [0.15, 0.2) is 24.3 Å². The number of hydrogen-bond donors (Lipinski definition) is 1. The van der Waals surface area contributed by atoms with Crippen LogP contribution < -0.4 is 4.31 Å². The Hall–Kier alpha value is -1.56. The number of carboxylic acids is 1. The lowest BCUT2D eigenvalue weighted by Crippen LogP contribution is -2.37. The van der Waals surface area contributed by atoms with Gasteiger partial charge in [-0.1, -0.05) is 12.1 Å². The number of anilines is 1. The minimum atomic E-state index is -3.18. The fraction of sp³-hybridized carbons (Fsp3) is 0.462. The minimum Gasteiger partial charge on any atom is -0.481 e. The predicted octanol–water partition coefficient (Wildman–Crippen LogP) is 1.63. The van der Waals surface area contributed by atoms with E-state index in [1.54, 1.807) is 24.3 Å². The van der Waals surface area contributed by atoms with Crippen molar-refractivity contribution in [3.05, 3.63) is 29.8 Å². The Bertz CT molecular complexity index is 551. The SMILES string of the molecule is O=C(O)CCc1ccc(N2CCCCS2(=O)=O)cc1. The summed E-state index contributed by atoms with van der Waals surface area (Å²) in [6.07, 6.45) is 2.14. The predicted molar refractivity (Wildman–Crippen MR) is 72.8 cm³/mol. The zero-order valence-electron chi connectivity index (χ0n) is 10.6. The number of benzene rings is 1. The maximum Gasteiger partial charge on any atom is 0.303 e. The molecule has 0 unspecified atom stereocenters. The summed E-state index contributed by atoms with van der Waals surface area (Å²) < 4.78 is 25.3. The first-order valence-electron chi connectivity index (χ1n) is 6.30. The van der Waals surface area contributed by atoms with Gasteiger partial charge < -0.3 is 5.11 Å². The Morgan fingerprint density at radius 3 is 2.47 bits per heavy atom. The molecule has 0 aliphatic carbocycles. The van der Waals surface area contributed by atoms with Crippen molar-refractivity contribution >= 4 is 21.7 Å². The Balaban J connectivity index is 2.11. The number of sulfonamides is 1. The second kappa shape index (κ2) is 5.61. The van der Waals surface area contributed by atoms with E-state index in [1.807, 2.05) is 0 Å². The average Bonchev–Trinajstić information content (AvgIpc) is 2.37. The summed E-state index contributed by atoms with van der Waals surface area (Å²) >= 11 is 0. The molecule has 1 N–H and O–H groups in total. The van der Waals surface area contributed by atoms with Crippen molar-refractivity contribution in [2.75, 3.05) is 16.6 Å². The van der Waals surface area contributed by atoms with Gasteiger partial charge in [-0.3, -0.25) is 9.10 Å². The van der Waals surface area contributed by atoms with Crippen LogP contribution in [0.5, 0.6) is 0 Å². The van der Waals surface area contributed by atoms with Gasteiger partial charge >= 0.3 is 5.97 Å². The number of hydrogen-bond acceptors (Lipinski definition) is 3. The second-order valence-corrected chi connectivity index (χ2v) is 6.67. The lowest BCUT2D eigenvalue weighted by molar-refractivity contribution is -0.136. The van der Waals surface area contributed by atoms with Gasteiger partial charge in [0.05, 0.1) is 11.4 Å². The molecule has 0 spiro atoms. The summed E-state index contributed by atoms with van der Waals surface area (Å²) in [7, 11) is -3.18. The molecule has 0 amide bonds. The highest BCUT2D eigenvalue weighted by Gasteiger charge is 2.25. The van der Waals surface area contributed by atoms with Crippen molar-refractivity contribution in [1.82, 2.24) is 0 Å². The molecule has 104 valence electrons. The Morgan fingerprint density at radius 2 is 1.89 bits per heavy atom. The fourth-order valence-electron chi connectivity index (χ4n) is 2.16. The van der Waals surface area contributed by atoms with Crippen LogP contribution >= 0.6 is 0 Å². The average molecular weight is 283 g/mol. The molecule has 1 fully saturated rings. The maximum atomic E-state index is 11.9. The van der Waals surface area contributed by atoms with E-state index >= 15 is 0 Å². The molecule has 1 aliphatic rings. The Morgan fingerprint density at radius 1 is 1.21 bits per heavy atom. The highest BCUT2D eigenvalue weighted by atomic mass is 32.2. The van der Waals surface area contributed by atoms with Gasteiger partial charge in [0.1, 0.15) is 0 Å². The molecule has 1 aromatic carbocycles. The Kier molecular flexibility index (Phi) is 4.09. The van der Waals surface area contributed by atoms with Crippen molar-refractivity contribution < 1.29 is 18.3 Å². The van der Waals surface area contributed by atoms with Gasteiger partial charge in [0.2, 0.25) is 10.0 Å². The van der Waals surface area contributed by atoms with E-state index in [4.69, 9.17) is 5.11 Å². The standard InChI is InChI=1S/C13H17NO4S/c15-13(16)8-5-11-3-6-12(7-4-11)14-9-1-2-10-19(14,17)18/h3-4,6-7H,1-2,5,8-10H2,(H,15,16). The topological polar surface area (TPSA) is 74.7 Å². The molecule has 1 aliphatic heterocycles. The molecule has 0 saturated carbocycles. The van der Waals surface area contributed by atoms with Gasteiger partial charge in [0.25, 0.3) is 0 Å². The van der Waals surface area contributed by atoms with Crippen LogP contribution in [0.1, 0.15) is 24.8 Å². The smallest absolute Gasteiger partial charge is 0.303 e. The van der Waals surface area contributed by atoms with E-state index < -0.39 is 16.0 Å². The lowest BCUT2D eigenvalue weighted by Gasteiger charge is -2.28. The summed E-state index contributed by atoms with van der Waals surface area (Å²) in [5.41, 5.74) is 1.57. The van der Waals surface area contributed by atoms with Gasteiger partial charge in [-0.05, 0) is 37.0 Å². The first-order chi connectivity index (χ1) is 8.99. The number of aryl methyl sites for hydroxylation is 1. The monoisotopic (exact) mass is 283 g/mol. The van der Waals surface area contributed by atoms with Crippen LogP contribution in [-0.2, 0) is 21.2 Å². The molecule has 1 aromatic rings. The van der Waals surface area contributed by atoms with Crippen LogP contribution in [0.3, 0.4) is 0 Å². The molecular weight excluding hydrogens is 266 g/mol. The number of carboxylic acid groups (broad SMARTS) is 1. The van der Waals surface area contributed by atoms with E-state index in [0.717, 1.165) is 18.4 Å². The third-order valence-electron chi connectivity index (χ3n) is 3.20. The first-order valence-corrected chi connectivity index (χ1v) is 7.91. The van der Waals surface area contributed by atoms with E-state index in [0.29, 0.717) is 18.7 Å². The van der Waals surface area contributed by atoms with E-state index in [-0.39, 0.29) is 12.2 Å². The summed E-state index contributed by atoms with van der Waals surface area (Å²) in [5.74, 6) is -0.629. The zero-order valence-corrected chi connectivity index (χ0v) is 11.4. The van der Waals surface area contributed by atoms with Crippen molar-refractivity contribution in [3.8, 4) is 0 Å². The minimum absolute atomic E-state index is 0.0847. The van der Waals surface area contributed by atoms with Crippen molar-refractivity contribution in [2.24, 2.45) is 0 Å². The maximum absolute atomic E-state index is 11.9. The van der Waals surface area contributed by atoms with Crippen molar-refractivity contribution in [3.63, 3.8) is 0 Å². The van der Waals surface area contributed by atoms with Gasteiger partial charge in [0.15, 0.2) is 0 Å². The second-order valence-electron chi connectivity index (χ2n) is 4.66. The van der Waals surface area contributed by atoms with Gasteiger partial charge in [-0.15, -0.1) is 0 Å². The number of nitrogens with zero attached hydrogens (tertiary/aromatic N) is 1. The van der Waals surface area contributed by atoms with Crippen LogP contribution in [0.4, 0.5) is 5.69 Å². The molecular formula is C13H17NO4S. The van der Waals surface area contributed by atoms with Crippen molar-refractivity contribution in [1.29, 1.82) is 0 Å². The van der Waals surface area contributed by atoms with Crippen LogP contribution in [-0.4, -0.2) is 31.8 Å². The molecule has 0 aromatic heterocycles. The number of carbonyl (C=O) groups is 1. The van der Waals surface area contributed by atoms with Crippen LogP contribution in [0.2, 0.25) is 0 Å². The number of aliphatic carboxylic acids is 1. The van der Waals surface area contributed by atoms with E-state index in [1.165, 1.54) is 4.31 Å². The summed E-state index contributed by atoms with van der Waals surface area (Å²) in [6.45, 7) is 0.525. The van der Waals surface area contributed by atoms with Gasteiger partial charge in [-0.2, -0.15) is 0 Å². The summed E-state index contributed by atoms with van der Waals surface area (Å²) in [5, 5.41) is 8.61. The van der Waals surface area contributed by atoms with Crippen LogP contribution in [0.25, 0.3) is 0 Å². The van der Waals surface area contributed by atoms with Gasteiger partial charge in [0, 0.05) is 13.0 Å². The molecule has 0 atom stereocenters. The summed E-state index contributed by atoms with van der Waals surface area (Å²) in [6, 6.07) is 7.09. The molecule has 0 radical (unpaired) electrons. The van der Waals surface area contributed by atoms with Gasteiger partial charge in [-0.25, -0.2) is 8.42 Å². The Labute approximate surface area is 112 Å². The molecule has 5 nitrogen and oxygen atoms in total. The number of rotatable bonds is 4. The molecule has 6 heteroatoms. The molecule has 0 bridgehead atoms. The third-order valence-corrected chi connectivity index (χ3v) is 5.07. The zero-order chi connectivity index (χ0) is 13.9. The molecule has 1 heterocycles. The highest BCUT2D eigenvalue weighted by Crippen LogP contribution is 2.23. The highest BCUT2D eigenvalue weighted by molar-refractivity contribution is 7.92. The lowest BCUT2D eigenvalue weighted by atomic mass is 10.1. The largest absolute Gasteiger partial charge is 0.481 e. The summed E-state index contributed by atoms with van der Waals surface area (Å²) in [4.78, 5) is 10.5. The third kappa shape index (κ3) is 3.47. The quantitative estimate of drug-likeness (QED) is 0.911. The molecule has 19 heavy (non-hydrogen) atoms. The van der Waals surface area contributed by atoms with Crippen molar-refractivity contribution in [2.45, 2.75) is 25.7 Å². The molecule has 1 saturated heterocycles. The normalized spacial score (nSPS) is 18.2. The van der Waals surface area contributed by atoms with E-state index in [2.05, 4.69) is 0 Å². The fourth-order valence-corrected chi connectivity index (χ4v) is 3.80. The van der Waals surface area contributed by atoms with Crippen LogP contribution in [0, 0.1) is 0 Å². The first kappa shape index (κ1) is 13.9. The van der Waals surface area contributed by atoms with E-state index in [9.17, 15) is 13.2 Å².